The van der Waals surface area contributed by atoms with Crippen LogP contribution in [-0.2, 0) is 4.79 Å². The molecular formula is C16H22BrNO2. The minimum Gasteiger partial charge on any atom is -0.396 e. The number of hydrogen-bond donors (Lipinski definition) is 2. The van der Waals surface area contributed by atoms with Crippen LogP contribution in [0.15, 0.2) is 28.7 Å². The molecule has 1 aromatic rings. The van der Waals surface area contributed by atoms with Crippen LogP contribution >= 0.6 is 15.9 Å². The van der Waals surface area contributed by atoms with Gasteiger partial charge in [0.05, 0.1) is 0 Å². The first-order valence-electron chi connectivity index (χ1n) is 7.26. The van der Waals surface area contributed by atoms with E-state index in [1.54, 1.807) is 0 Å². The highest BCUT2D eigenvalue weighted by molar-refractivity contribution is 9.10. The third-order valence-electron chi connectivity index (χ3n) is 4.17. The largest absolute Gasteiger partial charge is 0.396 e. The fraction of sp³-hybridized carbons (Fsp3) is 0.562. The van der Waals surface area contributed by atoms with Gasteiger partial charge < -0.3 is 10.4 Å². The summed E-state index contributed by atoms with van der Waals surface area (Å²) in [5, 5.41) is 12.4. The maximum Gasteiger partial charge on any atom is 0.220 e. The highest BCUT2D eigenvalue weighted by Gasteiger charge is 2.28. The van der Waals surface area contributed by atoms with E-state index < -0.39 is 0 Å². The number of benzene rings is 1. The van der Waals surface area contributed by atoms with Crippen LogP contribution in [0.5, 0.6) is 0 Å². The smallest absolute Gasteiger partial charge is 0.220 e. The molecule has 1 aliphatic carbocycles. The van der Waals surface area contributed by atoms with Gasteiger partial charge in [-0.25, -0.2) is 0 Å². The Balaban J connectivity index is 1.86. The number of amides is 1. The Morgan fingerprint density at radius 3 is 2.75 bits per heavy atom. The first kappa shape index (κ1) is 15.5. The van der Waals surface area contributed by atoms with Crippen molar-refractivity contribution in [1.82, 2.24) is 5.32 Å². The molecule has 2 N–H and O–H groups in total. The molecule has 0 heterocycles. The summed E-state index contributed by atoms with van der Waals surface area (Å²) in [6, 6.07) is 8.26. The van der Waals surface area contributed by atoms with Crippen molar-refractivity contribution in [3.05, 3.63) is 34.3 Å². The number of aliphatic hydroxyl groups is 1. The Morgan fingerprint density at radius 1 is 1.40 bits per heavy atom. The number of hydrogen-bond acceptors (Lipinski definition) is 2. The molecule has 1 saturated carbocycles. The second kappa shape index (κ2) is 7.23. The SMILES string of the molecule is CC(CC(=O)NC1CCCC1CO)c1ccc(Br)cc1. The zero-order valence-corrected chi connectivity index (χ0v) is 13.4. The first-order valence-corrected chi connectivity index (χ1v) is 8.05. The van der Waals surface area contributed by atoms with Crippen molar-refractivity contribution in [2.45, 2.75) is 44.6 Å². The molecule has 1 fully saturated rings. The molecule has 0 spiro atoms. The Labute approximate surface area is 128 Å². The monoisotopic (exact) mass is 339 g/mol. The van der Waals surface area contributed by atoms with E-state index in [1.807, 2.05) is 24.3 Å². The molecule has 0 saturated heterocycles. The Kier molecular flexibility index (Phi) is 5.61. The summed E-state index contributed by atoms with van der Waals surface area (Å²) in [6.45, 7) is 2.24. The van der Waals surface area contributed by atoms with Gasteiger partial charge in [-0.1, -0.05) is 41.4 Å². The molecule has 3 atom stereocenters. The minimum atomic E-state index is 0.0887. The Bertz CT molecular complexity index is 446. The quantitative estimate of drug-likeness (QED) is 0.865. The van der Waals surface area contributed by atoms with E-state index in [-0.39, 0.29) is 30.4 Å². The van der Waals surface area contributed by atoms with Crippen molar-refractivity contribution < 1.29 is 9.90 Å². The van der Waals surface area contributed by atoms with E-state index in [2.05, 4.69) is 28.2 Å². The molecule has 4 heteroatoms. The molecule has 2 rings (SSSR count). The fourth-order valence-electron chi connectivity index (χ4n) is 2.90. The molecule has 1 amide bonds. The van der Waals surface area contributed by atoms with E-state index in [0.717, 1.165) is 23.7 Å². The highest BCUT2D eigenvalue weighted by Crippen LogP contribution is 2.26. The van der Waals surface area contributed by atoms with Crippen LogP contribution in [-0.4, -0.2) is 23.7 Å². The molecule has 110 valence electrons. The predicted molar refractivity (Wildman–Crippen MR) is 83.5 cm³/mol. The van der Waals surface area contributed by atoms with Crippen molar-refractivity contribution in [3.63, 3.8) is 0 Å². The molecule has 0 radical (unpaired) electrons. The molecule has 1 aromatic carbocycles. The summed E-state index contributed by atoms with van der Waals surface area (Å²) in [6.07, 6.45) is 3.60. The van der Waals surface area contributed by atoms with Crippen LogP contribution in [0.2, 0.25) is 0 Å². The lowest BCUT2D eigenvalue weighted by atomic mass is 9.97. The highest BCUT2D eigenvalue weighted by atomic mass is 79.9. The maximum atomic E-state index is 12.1. The lowest BCUT2D eigenvalue weighted by Gasteiger charge is -2.20. The van der Waals surface area contributed by atoms with E-state index in [0.29, 0.717) is 6.42 Å². The molecule has 1 aliphatic rings. The lowest BCUT2D eigenvalue weighted by Crippen LogP contribution is -2.38. The summed E-state index contributed by atoms with van der Waals surface area (Å²) in [4.78, 5) is 12.1. The summed E-state index contributed by atoms with van der Waals surface area (Å²) < 4.78 is 1.05. The number of halogens is 1. The van der Waals surface area contributed by atoms with Crippen molar-refractivity contribution in [2.75, 3.05) is 6.61 Å². The lowest BCUT2D eigenvalue weighted by molar-refractivity contribution is -0.122. The average Bonchev–Trinajstić information content (AvgIpc) is 2.86. The average molecular weight is 340 g/mol. The second-order valence-corrected chi connectivity index (χ2v) is 6.62. The Hall–Kier alpha value is -0.870. The number of rotatable bonds is 5. The van der Waals surface area contributed by atoms with Crippen LogP contribution in [0, 0.1) is 5.92 Å². The number of aliphatic hydroxyl groups excluding tert-OH is 1. The van der Waals surface area contributed by atoms with Gasteiger partial charge in [0.2, 0.25) is 5.91 Å². The number of carbonyl (C=O) groups is 1. The summed E-state index contributed by atoms with van der Waals surface area (Å²) in [5.74, 6) is 0.532. The summed E-state index contributed by atoms with van der Waals surface area (Å²) in [5.41, 5.74) is 1.17. The van der Waals surface area contributed by atoms with Gasteiger partial charge in [-0.05, 0) is 36.5 Å². The molecular weight excluding hydrogens is 318 g/mol. The van der Waals surface area contributed by atoms with Gasteiger partial charge in [-0.3, -0.25) is 4.79 Å². The summed E-state index contributed by atoms with van der Waals surface area (Å²) in [7, 11) is 0. The van der Waals surface area contributed by atoms with Gasteiger partial charge in [-0.15, -0.1) is 0 Å². The zero-order chi connectivity index (χ0) is 14.5. The van der Waals surface area contributed by atoms with Crippen molar-refractivity contribution in [1.29, 1.82) is 0 Å². The third-order valence-corrected chi connectivity index (χ3v) is 4.70. The number of nitrogens with one attached hydrogen (secondary N) is 1. The Morgan fingerprint density at radius 2 is 2.10 bits per heavy atom. The van der Waals surface area contributed by atoms with E-state index in [4.69, 9.17) is 0 Å². The normalized spacial score (nSPS) is 23.6. The van der Waals surface area contributed by atoms with Crippen LogP contribution in [0.4, 0.5) is 0 Å². The van der Waals surface area contributed by atoms with Gasteiger partial charge in [0.25, 0.3) is 0 Å². The van der Waals surface area contributed by atoms with Gasteiger partial charge in [0, 0.05) is 29.5 Å². The topological polar surface area (TPSA) is 49.3 Å². The van der Waals surface area contributed by atoms with E-state index in [9.17, 15) is 9.90 Å². The fourth-order valence-corrected chi connectivity index (χ4v) is 3.16. The number of carbonyl (C=O) groups excluding carboxylic acids is 1. The van der Waals surface area contributed by atoms with Gasteiger partial charge in [0.15, 0.2) is 0 Å². The van der Waals surface area contributed by atoms with Gasteiger partial charge in [-0.2, -0.15) is 0 Å². The molecule has 0 bridgehead atoms. The van der Waals surface area contributed by atoms with Gasteiger partial charge in [0.1, 0.15) is 0 Å². The third kappa shape index (κ3) is 4.06. The van der Waals surface area contributed by atoms with Crippen LogP contribution in [0.1, 0.15) is 44.1 Å². The molecule has 20 heavy (non-hydrogen) atoms. The van der Waals surface area contributed by atoms with E-state index in [1.165, 1.54) is 5.56 Å². The zero-order valence-electron chi connectivity index (χ0n) is 11.8. The molecule has 3 nitrogen and oxygen atoms in total. The molecule has 3 unspecified atom stereocenters. The first-order chi connectivity index (χ1) is 9.60. The maximum absolute atomic E-state index is 12.1. The minimum absolute atomic E-state index is 0.0887. The summed E-state index contributed by atoms with van der Waals surface area (Å²) >= 11 is 3.42. The van der Waals surface area contributed by atoms with Crippen molar-refractivity contribution in [3.8, 4) is 0 Å². The van der Waals surface area contributed by atoms with Crippen molar-refractivity contribution in [2.24, 2.45) is 5.92 Å². The second-order valence-electron chi connectivity index (χ2n) is 5.70. The van der Waals surface area contributed by atoms with Crippen molar-refractivity contribution >= 4 is 21.8 Å². The molecule has 0 aliphatic heterocycles. The standard InChI is InChI=1S/C16H22BrNO2/c1-11(12-5-7-14(17)8-6-12)9-16(20)18-15-4-2-3-13(15)10-19/h5-8,11,13,15,19H,2-4,9-10H2,1H3,(H,18,20). The van der Waals surface area contributed by atoms with Crippen LogP contribution in [0.3, 0.4) is 0 Å². The predicted octanol–water partition coefficient (Wildman–Crippen LogP) is 3.22. The van der Waals surface area contributed by atoms with Crippen LogP contribution in [0.25, 0.3) is 0 Å². The van der Waals surface area contributed by atoms with Gasteiger partial charge >= 0.3 is 0 Å². The van der Waals surface area contributed by atoms with E-state index >= 15 is 0 Å². The molecule has 0 aromatic heterocycles. The van der Waals surface area contributed by atoms with Crippen LogP contribution < -0.4 is 5.32 Å².